The summed E-state index contributed by atoms with van der Waals surface area (Å²) in [5, 5.41) is 0. The van der Waals surface area contributed by atoms with Gasteiger partial charge in [0.15, 0.2) is 0 Å². The van der Waals surface area contributed by atoms with Gasteiger partial charge >= 0.3 is 6.09 Å². The van der Waals surface area contributed by atoms with Gasteiger partial charge in [-0.05, 0) is 22.8 Å². The summed E-state index contributed by atoms with van der Waals surface area (Å²) in [5.74, 6) is 0. The zero-order chi connectivity index (χ0) is 13.9. The van der Waals surface area contributed by atoms with Crippen molar-refractivity contribution < 1.29 is 9.53 Å². The third-order valence-corrected chi connectivity index (χ3v) is 3.48. The number of amides is 1. The van der Waals surface area contributed by atoms with Crippen LogP contribution in [0, 0.1) is 0 Å². The van der Waals surface area contributed by atoms with Crippen LogP contribution in [0.15, 0.2) is 48.5 Å². The predicted molar refractivity (Wildman–Crippen MR) is 76.7 cm³/mol. The number of nitrogen functional groups attached to an aromatic ring is 1. The summed E-state index contributed by atoms with van der Waals surface area (Å²) in [6.45, 7) is 1.38. The topological polar surface area (TPSA) is 55.6 Å². The smallest absolute Gasteiger partial charge is 0.410 e. The summed E-state index contributed by atoms with van der Waals surface area (Å²) >= 11 is 0. The van der Waals surface area contributed by atoms with Crippen molar-refractivity contribution >= 4 is 11.8 Å². The van der Waals surface area contributed by atoms with Crippen molar-refractivity contribution in [2.45, 2.75) is 19.7 Å². The first kappa shape index (κ1) is 12.5. The van der Waals surface area contributed by atoms with Crippen LogP contribution in [0.4, 0.5) is 10.5 Å². The van der Waals surface area contributed by atoms with Gasteiger partial charge in [-0.3, -0.25) is 4.90 Å². The number of carbonyl (C=O) groups excluding carboxylic acids is 1. The van der Waals surface area contributed by atoms with Crippen LogP contribution in [0.1, 0.15) is 16.7 Å². The maximum Gasteiger partial charge on any atom is 0.410 e. The second-order valence-electron chi connectivity index (χ2n) is 4.88. The van der Waals surface area contributed by atoms with Crippen LogP contribution in [0.2, 0.25) is 0 Å². The molecule has 102 valence electrons. The molecule has 2 N–H and O–H groups in total. The SMILES string of the molecule is Nc1cccc2c1CN(C(=O)OCc1ccccc1)C2. The Morgan fingerprint density at radius 2 is 1.90 bits per heavy atom. The van der Waals surface area contributed by atoms with E-state index in [0.29, 0.717) is 19.7 Å². The van der Waals surface area contributed by atoms with Gasteiger partial charge in [-0.25, -0.2) is 4.79 Å². The van der Waals surface area contributed by atoms with E-state index >= 15 is 0 Å². The van der Waals surface area contributed by atoms with Crippen molar-refractivity contribution in [1.29, 1.82) is 0 Å². The van der Waals surface area contributed by atoms with Gasteiger partial charge in [-0.1, -0.05) is 42.5 Å². The molecule has 0 aliphatic carbocycles. The van der Waals surface area contributed by atoms with E-state index in [-0.39, 0.29) is 6.09 Å². The Labute approximate surface area is 117 Å². The summed E-state index contributed by atoms with van der Waals surface area (Å²) in [4.78, 5) is 13.7. The lowest BCUT2D eigenvalue weighted by Crippen LogP contribution is -2.26. The summed E-state index contributed by atoms with van der Waals surface area (Å²) in [6.07, 6.45) is -0.301. The number of nitrogens with two attached hydrogens (primary N) is 1. The molecule has 0 spiro atoms. The first-order valence-electron chi connectivity index (χ1n) is 6.56. The molecule has 0 atom stereocenters. The van der Waals surface area contributed by atoms with Gasteiger partial charge in [0.2, 0.25) is 0 Å². The highest BCUT2D eigenvalue weighted by atomic mass is 16.6. The standard InChI is InChI=1S/C16H16N2O2/c17-15-8-4-7-13-9-18(10-14(13)15)16(19)20-11-12-5-2-1-3-6-12/h1-8H,9-11,17H2. The number of hydrogen-bond acceptors (Lipinski definition) is 3. The van der Waals surface area contributed by atoms with Gasteiger partial charge in [-0.15, -0.1) is 0 Å². The highest BCUT2D eigenvalue weighted by Crippen LogP contribution is 2.27. The third kappa shape index (κ3) is 2.45. The van der Waals surface area contributed by atoms with Crippen LogP contribution in [0.5, 0.6) is 0 Å². The lowest BCUT2D eigenvalue weighted by molar-refractivity contribution is 0.0955. The molecule has 4 heteroatoms. The van der Waals surface area contributed by atoms with E-state index in [9.17, 15) is 4.79 Å². The molecule has 0 unspecified atom stereocenters. The number of benzene rings is 2. The molecular formula is C16H16N2O2. The van der Waals surface area contributed by atoms with Gasteiger partial charge in [0, 0.05) is 12.2 Å². The number of hydrogen-bond donors (Lipinski definition) is 1. The van der Waals surface area contributed by atoms with Crippen LogP contribution in [0.25, 0.3) is 0 Å². The molecule has 0 saturated carbocycles. The van der Waals surface area contributed by atoms with E-state index < -0.39 is 0 Å². The molecule has 0 fully saturated rings. The molecule has 1 aliphatic rings. The number of anilines is 1. The quantitative estimate of drug-likeness (QED) is 0.852. The van der Waals surface area contributed by atoms with Gasteiger partial charge in [0.25, 0.3) is 0 Å². The van der Waals surface area contributed by atoms with E-state index in [1.165, 1.54) is 0 Å². The molecule has 2 aromatic rings. The fraction of sp³-hybridized carbons (Fsp3) is 0.188. The minimum Gasteiger partial charge on any atom is -0.445 e. The number of ether oxygens (including phenoxy) is 1. The molecule has 3 rings (SSSR count). The Kier molecular flexibility index (Phi) is 3.29. The molecule has 2 aromatic carbocycles. The molecule has 1 heterocycles. The normalized spacial score (nSPS) is 13.1. The van der Waals surface area contributed by atoms with Gasteiger partial charge in [0.05, 0.1) is 6.54 Å². The van der Waals surface area contributed by atoms with Crippen LogP contribution < -0.4 is 5.73 Å². The van der Waals surface area contributed by atoms with Crippen molar-refractivity contribution in [3.63, 3.8) is 0 Å². The average Bonchev–Trinajstić information content (AvgIpc) is 2.91. The predicted octanol–water partition coefficient (Wildman–Crippen LogP) is 2.92. The molecule has 1 amide bonds. The van der Waals surface area contributed by atoms with Crippen molar-refractivity contribution in [3.8, 4) is 0 Å². The van der Waals surface area contributed by atoms with E-state index in [1.807, 2.05) is 48.5 Å². The highest BCUT2D eigenvalue weighted by Gasteiger charge is 2.25. The molecular weight excluding hydrogens is 252 g/mol. The summed E-state index contributed by atoms with van der Waals surface area (Å²) in [7, 11) is 0. The first-order chi connectivity index (χ1) is 9.74. The fourth-order valence-corrected chi connectivity index (χ4v) is 2.39. The maximum atomic E-state index is 12.1. The lowest BCUT2D eigenvalue weighted by atomic mass is 10.1. The van der Waals surface area contributed by atoms with Gasteiger partial charge in [-0.2, -0.15) is 0 Å². The molecule has 0 radical (unpaired) electrons. The molecule has 4 nitrogen and oxygen atoms in total. The van der Waals surface area contributed by atoms with Crippen LogP contribution in [-0.2, 0) is 24.4 Å². The average molecular weight is 268 g/mol. The Hall–Kier alpha value is -2.49. The Bertz CT molecular complexity index is 626. The van der Waals surface area contributed by atoms with Crippen molar-refractivity contribution in [2.24, 2.45) is 0 Å². The maximum absolute atomic E-state index is 12.1. The largest absolute Gasteiger partial charge is 0.445 e. The monoisotopic (exact) mass is 268 g/mol. The van der Waals surface area contributed by atoms with E-state index in [4.69, 9.17) is 10.5 Å². The summed E-state index contributed by atoms with van der Waals surface area (Å²) in [5.41, 5.74) is 9.77. The zero-order valence-corrected chi connectivity index (χ0v) is 11.1. The van der Waals surface area contributed by atoms with Gasteiger partial charge in [0.1, 0.15) is 6.61 Å². The summed E-state index contributed by atoms with van der Waals surface area (Å²) in [6, 6.07) is 15.4. The second kappa shape index (κ2) is 5.25. The number of rotatable bonds is 2. The Morgan fingerprint density at radius 1 is 1.10 bits per heavy atom. The zero-order valence-electron chi connectivity index (χ0n) is 11.1. The van der Waals surface area contributed by atoms with Crippen LogP contribution >= 0.6 is 0 Å². The van der Waals surface area contributed by atoms with Crippen molar-refractivity contribution in [1.82, 2.24) is 4.90 Å². The van der Waals surface area contributed by atoms with E-state index in [0.717, 1.165) is 22.4 Å². The number of fused-ring (bicyclic) bond motifs is 1. The number of nitrogens with zero attached hydrogens (tertiary/aromatic N) is 1. The molecule has 0 saturated heterocycles. The molecule has 1 aliphatic heterocycles. The second-order valence-corrected chi connectivity index (χ2v) is 4.88. The first-order valence-corrected chi connectivity index (χ1v) is 6.56. The van der Waals surface area contributed by atoms with E-state index in [2.05, 4.69) is 0 Å². The van der Waals surface area contributed by atoms with Crippen molar-refractivity contribution in [3.05, 3.63) is 65.2 Å². The minimum atomic E-state index is -0.301. The Balaban J connectivity index is 1.62. The lowest BCUT2D eigenvalue weighted by Gasteiger charge is -2.15. The van der Waals surface area contributed by atoms with Crippen LogP contribution in [0.3, 0.4) is 0 Å². The fourth-order valence-electron chi connectivity index (χ4n) is 2.39. The highest BCUT2D eigenvalue weighted by molar-refractivity contribution is 5.70. The molecule has 0 aromatic heterocycles. The number of carbonyl (C=O) groups is 1. The minimum absolute atomic E-state index is 0.294. The van der Waals surface area contributed by atoms with E-state index in [1.54, 1.807) is 4.90 Å². The molecule has 0 bridgehead atoms. The molecule has 20 heavy (non-hydrogen) atoms. The van der Waals surface area contributed by atoms with Gasteiger partial charge < -0.3 is 10.5 Å². The Morgan fingerprint density at radius 3 is 2.65 bits per heavy atom. The third-order valence-electron chi connectivity index (χ3n) is 3.48. The summed E-state index contributed by atoms with van der Waals surface area (Å²) < 4.78 is 5.33. The van der Waals surface area contributed by atoms with Crippen LogP contribution in [-0.4, -0.2) is 11.0 Å². The van der Waals surface area contributed by atoms with Crippen molar-refractivity contribution in [2.75, 3.05) is 5.73 Å².